The Hall–Kier alpha value is -1.61. The molecule has 1 heterocycles. The van der Waals surface area contributed by atoms with Gasteiger partial charge < -0.3 is 10.7 Å². The molecule has 0 aliphatic heterocycles. The molecule has 1 aromatic carbocycles. The summed E-state index contributed by atoms with van der Waals surface area (Å²) in [5, 5.41) is 0. The molecule has 1 aliphatic carbocycles. The van der Waals surface area contributed by atoms with Crippen LogP contribution in [0.4, 0.5) is 0 Å². The van der Waals surface area contributed by atoms with Gasteiger partial charge in [0.25, 0.3) is 0 Å². The highest BCUT2D eigenvalue weighted by molar-refractivity contribution is 5.55. The van der Waals surface area contributed by atoms with Gasteiger partial charge in [0.05, 0.1) is 0 Å². The lowest BCUT2D eigenvalue weighted by Crippen LogP contribution is -2.41. The molecule has 1 saturated carbocycles. The van der Waals surface area contributed by atoms with Gasteiger partial charge in [-0.1, -0.05) is 30.7 Å². The molecule has 0 atom stereocenters. The minimum atomic E-state index is 0.252. The largest absolute Gasteiger partial charge is 0.345 e. The third-order valence-corrected chi connectivity index (χ3v) is 3.97. The Bertz CT molecular complexity index is 475. The molecule has 0 unspecified atom stereocenters. The number of nitrogens with one attached hydrogen (secondary N) is 1. The first kappa shape index (κ1) is 10.5. The zero-order valence-corrected chi connectivity index (χ0v) is 9.82. The van der Waals surface area contributed by atoms with E-state index in [9.17, 15) is 0 Å². The van der Waals surface area contributed by atoms with Crippen molar-refractivity contribution in [1.82, 2.24) is 9.97 Å². The van der Waals surface area contributed by atoms with E-state index in [0.717, 1.165) is 17.9 Å². The summed E-state index contributed by atoms with van der Waals surface area (Å²) in [5.74, 6) is 0.923. The molecule has 0 amide bonds. The van der Waals surface area contributed by atoms with Crippen LogP contribution in [0.5, 0.6) is 0 Å². The predicted molar refractivity (Wildman–Crippen MR) is 68.6 cm³/mol. The van der Waals surface area contributed by atoms with Gasteiger partial charge in [0.2, 0.25) is 0 Å². The third-order valence-electron chi connectivity index (χ3n) is 3.97. The molecule has 3 rings (SSSR count). The Morgan fingerprint density at radius 2 is 2.00 bits per heavy atom. The summed E-state index contributed by atoms with van der Waals surface area (Å²) in [7, 11) is 0. The fourth-order valence-corrected chi connectivity index (χ4v) is 2.62. The highest BCUT2D eigenvalue weighted by atomic mass is 14.9. The van der Waals surface area contributed by atoms with E-state index in [1.807, 2.05) is 6.20 Å². The second-order valence-electron chi connectivity index (χ2n) is 4.85. The van der Waals surface area contributed by atoms with E-state index in [-0.39, 0.29) is 5.41 Å². The van der Waals surface area contributed by atoms with Crippen LogP contribution in [-0.2, 0) is 5.41 Å². The SMILES string of the molecule is NCC1(c2ccc(-c3ncc[nH]3)cc2)CCC1. The van der Waals surface area contributed by atoms with Crippen molar-refractivity contribution in [1.29, 1.82) is 0 Å². The molecule has 2 aromatic rings. The van der Waals surface area contributed by atoms with Gasteiger partial charge in [-0.3, -0.25) is 0 Å². The summed E-state index contributed by atoms with van der Waals surface area (Å²) in [6.07, 6.45) is 7.37. The predicted octanol–water partition coefficient (Wildman–Crippen LogP) is 2.46. The summed E-state index contributed by atoms with van der Waals surface area (Å²) in [5.41, 5.74) is 8.67. The maximum Gasteiger partial charge on any atom is 0.137 e. The van der Waals surface area contributed by atoms with Gasteiger partial charge >= 0.3 is 0 Å². The Labute approximate surface area is 101 Å². The first-order valence-electron chi connectivity index (χ1n) is 6.14. The van der Waals surface area contributed by atoms with E-state index in [2.05, 4.69) is 34.2 Å². The first-order chi connectivity index (χ1) is 8.34. The zero-order chi connectivity index (χ0) is 11.7. The Balaban J connectivity index is 1.90. The van der Waals surface area contributed by atoms with Crippen LogP contribution in [0.2, 0.25) is 0 Å². The Morgan fingerprint density at radius 1 is 1.24 bits per heavy atom. The summed E-state index contributed by atoms with van der Waals surface area (Å²) in [4.78, 5) is 7.37. The molecule has 3 nitrogen and oxygen atoms in total. The lowest BCUT2D eigenvalue weighted by molar-refractivity contribution is 0.253. The van der Waals surface area contributed by atoms with Gasteiger partial charge in [0, 0.05) is 29.9 Å². The molecule has 88 valence electrons. The number of H-pyrrole nitrogens is 1. The number of imidazole rings is 1. The lowest BCUT2D eigenvalue weighted by Gasteiger charge is -2.41. The molecule has 1 aromatic heterocycles. The minimum Gasteiger partial charge on any atom is -0.345 e. The Kier molecular flexibility index (Phi) is 2.48. The van der Waals surface area contributed by atoms with Gasteiger partial charge in [0.15, 0.2) is 0 Å². The number of rotatable bonds is 3. The highest BCUT2D eigenvalue weighted by Crippen LogP contribution is 2.42. The molecule has 17 heavy (non-hydrogen) atoms. The quantitative estimate of drug-likeness (QED) is 0.846. The summed E-state index contributed by atoms with van der Waals surface area (Å²) >= 11 is 0. The number of hydrogen-bond donors (Lipinski definition) is 2. The number of aromatic nitrogens is 2. The average Bonchev–Trinajstić information content (AvgIpc) is 2.83. The van der Waals surface area contributed by atoms with Crippen molar-refractivity contribution in [2.45, 2.75) is 24.7 Å². The van der Waals surface area contributed by atoms with Gasteiger partial charge in [-0.05, 0) is 18.4 Å². The summed E-state index contributed by atoms with van der Waals surface area (Å²) < 4.78 is 0. The van der Waals surface area contributed by atoms with Crippen molar-refractivity contribution in [2.75, 3.05) is 6.54 Å². The summed E-state index contributed by atoms with van der Waals surface area (Å²) in [6, 6.07) is 8.65. The number of aromatic amines is 1. The number of benzene rings is 1. The molecular weight excluding hydrogens is 210 g/mol. The molecule has 0 spiro atoms. The van der Waals surface area contributed by atoms with E-state index in [4.69, 9.17) is 5.73 Å². The van der Waals surface area contributed by atoms with E-state index in [1.165, 1.54) is 24.8 Å². The fourth-order valence-electron chi connectivity index (χ4n) is 2.62. The number of nitrogens with two attached hydrogens (primary N) is 1. The van der Waals surface area contributed by atoms with Crippen LogP contribution in [0, 0.1) is 0 Å². The normalized spacial score (nSPS) is 17.7. The molecule has 3 N–H and O–H groups in total. The van der Waals surface area contributed by atoms with Gasteiger partial charge in [-0.25, -0.2) is 4.98 Å². The van der Waals surface area contributed by atoms with Crippen molar-refractivity contribution in [2.24, 2.45) is 5.73 Å². The zero-order valence-electron chi connectivity index (χ0n) is 9.82. The van der Waals surface area contributed by atoms with Crippen molar-refractivity contribution < 1.29 is 0 Å². The molecule has 0 saturated heterocycles. The monoisotopic (exact) mass is 227 g/mol. The van der Waals surface area contributed by atoms with Crippen LogP contribution in [-0.4, -0.2) is 16.5 Å². The van der Waals surface area contributed by atoms with E-state index >= 15 is 0 Å². The van der Waals surface area contributed by atoms with E-state index < -0.39 is 0 Å². The van der Waals surface area contributed by atoms with Crippen LogP contribution < -0.4 is 5.73 Å². The van der Waals surface area contributed by atoms with Crippen LogP contribution >= 0.6 is 0 Å². The summed E-state index contributed by atoms with van der Waals surface area (Å²) in [6.45, 7) is 0.757. The Morgan fingerprint density at radius 3 is 2.47 bits per heavy atom. The van der Waals surface area contributed by atoms with Gasteiger partial charge in [-0.15, -0.1) is 0 Å². The molecule has 3 heteroatoms. The molecule has 1 aliphatic rings. The minimum absolute atomic E-state index is 0.252. The fraction of sp³-hybridized carbons (Fsp3) is 0.357. The maximum absolute atomic E-state index is 5.91. The molecule has 0 bridgehead atoms. The standard InChI is InChI=1S/C14H17N3/c15-10-14(6-1-7-14)12-4-2-11(3-5-12)13-16-8-9-17-13/h2-5,8-9H,1,6-7,10,15H2,(H,16,17). The lowest BCUT2D eigenvalue weighted by atomic mass is 9.64. The van der Waals surface area contributed by atoms with E-state index in [0.29, 0.717) is 0 Å². The van der Waals surface area contributed by atoms with Crippen molar-refractivity contribution in [3.8, 4) is 11.4 Å². The second kappa shape index (κ2) is 4.00. The smallest absolute Gasteiger partial charge is 0.137 e. The van der Waals surface area contributed by atoms with Gasteiger partial charge in [-0.2, -0.15) is 0 Å². The average molecular weight is 227 g/mol. The number of nitrogens with zero attached hydrogens (tertiary/aromatic N) is 1. The van der Waals surface area contributed by atoms with Crippen molar-refractivity contribution in [3.05, 3.63) is 42.2 Å². The molecule has 0 radical (unpaired) electrons. The van der Waals surface area contributed by atoms with Gasteiger partial charge in [0.1, 0.15) is 5.82 Å². The van der Waals surface area contributed by atoms with Crippen molar-refractivity contribution in [3.63, 3.8) is 0 Å². The van der Waals surface area contributed by atoms with Crippen molar-refractivity contribution >= 4 is 0 Å². The van der Waals surface area contributed by atoms with Crippen LogP contribution in [0.15, 0.2) is 36.7 Å². The van der Waals surface area contributed by atoms with Crippen LogP contribution in [0.3, 0.4) is 0 Å². The van der Waals surface area contributed by atoms with Crippen LogP contribution in [0.25, 0.3) is 11.4 Å². The maximum atomic E-state index is 5.91. The highest BCUT2D eigenvalue weighted by Gasteiger charge is 2.36. The van der Waals surface area contributed by atoms with Crippen LogP contribution in [0.1, 0.15) is 24.8 Å². The second-order valence-corrected chi connectivity index (χ2v) is 4.85. The molecule has 1 fully saturated rings. The first-order valence-corrected chi connectivity index (χ1v) is 6.14. The van der Waals surface area contributed by atoms with E-state index in [1.54, 1.807) is 6.20 Å². The number of hydrogen-bond acceptors (Lipinski definition) is 2. The topological polar surface area (TPSA) is 54.7 Å². The third kappa shape index (κ3) is 1.67. The molecular formula is C14H17N3.